The molecule has 0 saturated carbocycles. The molecule has 0 unspecified atom stereocenters. The third kappa shape index (κ3) is 4.19. The molecule has 0 amide bonds. The van der Waals surface area contributed by atoms with Crippen LogP contribution >= 0.6 is 11.3 Å². The van der Waals surface area contributed by atoms with Gasteiger partial charge >= 0.3 is 0 Å². The van der Waals surface area contributed by atoms with Crippen molar-refractivity contribution in [3.8, 4) is 0 Å². The molecule has 1 aliphatic heterocycles. The molecule has 1 aliphatic rings. The highest BCUT2D eigenvalue weighted by molar-refractivity contribution is 7.09. The van der Waals surface area contributed by atoms with Crippen LogP contribution in [0.3, 0.4) is 0 Å². The summed E-state index contributed by atoms with van der Waals surface area (Å²) in [6, 6.07) is 4.46. The Morgan fingerprint density at radius 3 is 3.09 bits per heavy atom. The van der Waals surface area contributed by atoms with Gasteiger partial charge in [0, 0.05) is 55.9 Å². The van der Waals surface area contributed by atoms with E-state index in [0.717, 1.165) is 31.7 Å². The molecule has 0 bridgehead atoms. The fourth-order valence-electron chi connectivity index (χ4n) is 3.33. The van der Waals surface area contributed by atoms with E-state index in [1.54, 1.807) is 11.3 Å². The molecule has 2 atom stereocenters. The standard InChI is InChI=1S/C17H25FN4S/c1-3-17-13(10-21(2)20-17)8-19-9-15-7-14(18)11-22(15)12-16-5-4-6-23-16/h4-6,10,14-15,19H,3,7-9,11-12H2,1-2H3/t14-,15-/m0/s1. The van der Waals surface area contributed by atoms with Crippen molar-refractivity contribution in [1.29, 1.82) is 0 Å². The molecular formula is C17H25FN4S. The first-order valence-corrected chi connectivity index (χ1v) is 9.16. The van der Waals surface area contributed by atoms with Crippen LogP contribution in [0.5, 0.6) is 0 Å². The van der Waals surface area contributed by atoms with Gasteiger partial charge in [0.05, 0.1) is 5.69 Å². The van der Waals surface area contributed by atoms with Crippen LogP contribution in [0.25, 0.3) is 0 Å². The summed E-state index contributed by atoms with van der Waals surface area (Å²) in [6.45, 7) is 5.16. The summed E-state index contributed by atoms with van der Waals surface area (Å²) in [7, 11) is 1.95. The summed E-state index contributed by atoms with van der Waals surface area (Å²) in [4.78, 5) is 3.58. The molecule has 4 nitrogen and oxygen atoms in total. The molecule has 0 aromatic carbocycles. The highest BCUT2D eigenvalue weighted by Crippen LogP contribution is 2.24. The van der Waals surface area contributed by atoms with Crippen LogP contribution in [0, 0.1) is 0 Å². The van der Waals surface area contributed by atoms with E-state index in [9.17, 15) is 4.39 Å². The van der Waals surface area contributed by atoms with Gasteiger partial charge in [0.25, 0.3) is 0 Å². The Bertz CT molecular complexity index is 610. The molecule has 0 radical (unpaired) electrons. The van der Waals surface area contributed by atoms with E-state index < -0.39 is 6.17 Å². The Morgan fingerprint density at radius 1 is 1.48 bits per heavy atom. The molecule has 1 fully saturated rings. The normalized spacial score (nSPS) is 22.0. The molecule has 126 valence electrons. The minimum atomic E-state index is -0.702. The number of aryl methyl sites for hydroxylation is 2. The maximum Gasteiger partial charge on any atom is 0.114 e. The summed E-state index contributed by atoms with van der Waals surface area (Å²) in [5.74, 6) is 0. The van der Waals surface area contributed by atoms with E-state index in [0.29, 0.717) is 13.0 Å². The molecular weight excluding hydrogens is 311 g/mol. The highest BCUT2D eigenvalue weighted by atomic mass is 32.1. The smallest absolute Gasteiger partial charge is 0.114 e. The number of nitrogens with one attached hydrogen (secondary N) is 1. The van der Waals surface area contributed by atoms with E-state index in [1.807, 2.05) is 11.7 Å². The molecule has 6 heteroatoms. The Kier molecular flexibility index (Phi) is 5.46. The average molecular weight is 336 g/mol. The first-order chi connectivity index (χ1) is 11.2. The van der Waals surface area contributed by atoms with Crippen LogP contribution in [0.2, 0.25) is 0 Å². The zero-order valence-electron chi connectivity index (χ0n) is 13.8. The van der Waals surface area contributed by atoms with Gasteiger partial charge in [0.2, 0.25) is 0 Å². The summed E-state index contributed by atoms with van der Waals surface area (Å²) in [6.07, 6.45) is 2.94. The second kappa shape index (κ2) is 7.55. The molecule has 0 aliphatic carbocycles. The quantitative estimate of drug-likeness (QED) is 0.844. The molecule has 3 heterocycles. The van der Waals surface area contributed by atoms with Crippen molar-refractivity contribution in [1.82, 2.24) is 20.0 Å². The summed E-state index contributed by atoms with van der Waals surface area (Å²) in [5.41, 5.74) is 2.39. The fourth-order valence-corrected chi connectivity index (χ4v) is 4.06. The van der Waals surface area contributed by atoms with Gasteiger partial charge in [0.1, 0.15) is 6.17 Å². The zero-order chi connectivity index (χ0) is 16.2. The average Bonchev–Trinajstić information content (AvgIpc) is 3.22. The number of halogens is 1. The van der Waals surface area contributed by atoms with Crippen molar-refractivity contribution < 1.29 is 4.39 Å². The number of hydrogen-bond donors (Lipinski definition) is 1. The second-order valence-electron chi connectivity index (χ2n) is 6.25. The maximum atomic E-state index is 13.8. The molecule has 0 spiro atoms. The van der Waals surface area contributed by atoms with Crippen molar-refractivity contribution in [3.63, 3.8) is 0 Å². The largest absolute Gasteiger partial charge is 0.311 e. The van der Waals surface area contributed by atoms with Gasteiger partial charge in [-0.25, -0.2) is 4.39 Å². The number of likely N-dealkylation sites (tertiary alicyclic amines) is 1. The van der Waals surface area contributed by atoms with Crippen LogP contribution < -0.4 is 5.32 Å². The first-order valence-electron chi connectivity index (χ1n) is 8.28. The zero-order valence-corrected chi connectivity index (χ0v) is 14.7. The number of alkyl halides is 1. The van der Waals surface area contributed by atoms with Gasteiger partial charge in [0.15, 0.2) is 0 Å². The van der Waals surface area contributed by atoms with Gasteiger partial charge in [-0.1, -0.05) is 13.0 Å². The number of aromatic nitrogens is 2. The van der Waals surface area contributed by atoms with Crippen LogP contribution in [0.4, 0.5) is 4.39 Å². The van der Waals surface area contributed by atoms with Gasteiger partial charge in [-0.2, -0.15) is 5.10 Å². The van der Waals surface area contributed by atoms with Gasteiger partial charge in [-0.3, -0.25) is 9.58 Å². The molecule has 2 aromatic heterocycles. The summed E-state index contributed by atoms with van der Waals surface area (Å²) < 4.78 is 15.7. The number of thiophene rings is 1. The number of nitrogens with zero attached hydrogens (tertiary/aromatic N) is 3. The lowest BCUT2D eigenvalue weighted by Gasteiger charge is -2.23. The Labute approximate surface area is 141 Å². The van der Waals surface area contributed by atoms with Crippen molar-refractivity contribution >= 4 is 11.3 Å². The fraction of sp³-hybridized carbons (Fsp3) is 0.588. The lowest BCUT2D eigenvalue weighted by molar-refractivity contribution is 0.232. The monoisotopic (exact) mass is 336 g/mol. The molecule has 23 heavy (non-hydrogen) atoms. The van der Waals surface area contributed by atoms with Crippen molar-refractivity contribution in [2.24, 2.45) is 7.05 Å². The van der Waals surface area contributed by atoms with Gasteiger partial charge < -0.3 is 5.32 Å². The molecule has 2 aromatic rings. The van der Waals surface area contributed by atoms with Crippen molar-refractivity contribution in [2.75, 3.05) is 13.1 Å². The third-order valence-corrected chi connectivity index (χ3v) is 5.30. The first kappa shape index (κ1) is 16.6. The Hall–Kier alpha value is -1.24. The van der Waals surface area contributed by atoms with Gasteiger partial charge in [-0.15, -0.1) is 11.3 Å². The van der Waals surface area contributed by atoms with Crippen LogP contribution in [-0.2, 0) is 26.6 Å². The Morgan fingerprint density at radius 2 is 2.35 bits per heavy atom. The SMILES string of the molecule is CCc1nn(C)cc1CNC[C@@H]1C[C@H](F)CN1Cc1cccs1. The van der Waals surface area contributed by atoms with E-state index in [1.165, 1.54) is 10.4 Å². The summed E-state index contributed by atoms with van der Waals surface area (Å²) in [5, 5.41) is 10.1. The topological polar surface area (TPSA) is 33.1 Å². The Balaban J connectivity index is 1.53. The predicted octanol–water partition coefficient (Wildman–Crippen LogP) is 2.75. The third-order valence-electron chi connectivity index (χ3n) is 4.44. The molecule has 3 rings (SSSR count). The minimum Gasteiger partial charge on any atom is -0.311 e. The van der Waals surface area contributed by atoms with E-state index >= 15 is 0 Å². The molecule has 1 saturated heterocycles. The maximum absolute atomic E-state index is 13.8. The van der Waals surface area contributed by atoms with Crippen molar-refractivity contribution in [3.05, 3.63) is 39.8 Å². The van der Waals surface area contributed by atoms with Crippen LogP contribution in [0.1, 0.15) is 29.5 Å². The lowest BCUT2D eigenvalue weighted by Crippen LogP contribution is -2.37. The number of hydrogen-bond acceptors (Lipinski definition) is 4. The lowest BCUT2D eigenvalue weighted by atomic mass is 10.2. The van der Waals surface area contributed by atoms with E-state index in [4.69, 9.17) is 0 Å². The van der Waals surface area contributed by atoms with E-state index in [2.05, 4.69) is 45.9 Å². The number of rotatable bonds is 7. The molecule has 1 N–H and O–H groups in total. The highest BCUT2D eigenvalue weighted by Gasteiger charge is 2.31. The van der Waals surface area contributed by atoms with E-state index in [-0.39, 0.29) is 6.04 Å². The minimum absolute atomic E-state index is 0.272. The van der Waals surface area contributed by atoms with Crippen LogP contribution in [0.15, 0.2) is 23.7 Å². The van der Waals surface area contributed by atoms with Crippen molar-refractivity contribution in [2.45, 2.75) is 45.1 Å². The van der Waals surface area contributed by atoms with Gasteiger partial charge in [-0.05, 0) is 24.3 Å². The van der Waals surface area contributed by atoms with Crippen LogP contribution in [-0.4, -0.2) is 40.0 Å². The second-order valence-corrected chi connectivity index (χ2v) is 7.29. The summed E-state index contributed by atoms with van der Waals surface area (Å²) >= 11 is 1.75. The predicted molar refractivity (Wildman–Crippen MR) is 92.3 cm³/mol.